The number of aromatic carboxylic acids is 1. The standard InChI is InChI=1S/C23H15ClF3N3O3S/c24-19-11-17(23(25,26)27)12-29-21(19)30(34(33)18-6-4-15(5-7-18)22(31)32)13-14-3-8-20-16(10-14)2-1-9-28-20/h1-12H,13H2,(H,31,32). The number of carbonyl (C=O) groups is 1. The zero-order valence-electron chi connectivity index (χ0n) is 17.2. The van der Waals surface area contributed by atoms with Crippen LogP contribution in [0.1, 0.15) is 21.5 Å². The van der Waals surface area contributed by atoms with Gasteiger partial charge < -0.3 is 5.11 Å². The van der Waals surface area contributed by atoms with Gasteiger partial charge in [-0.1, -0.05) is 23.7 Å². The maximum absolute atomic E-state index is 13.5. The summed E-state index contributed by atoms with van der Waals surface area (Å²) in [5, 5.41) is 9.60. The fourth-order valence-electron chi connectivity index (χ4n) is 3.21. The summed E-state index contributed by atoms with van der Waals surface area (Å²) in [6, 6.07) is 15.0. The van der Waals surface area contributed by atoms with E-state index in [0.29, 0.717) is 11.8 Å². The first-order valence-corrected chi connectivity index (χ1v) is 11.2. The van der Waals surface area contributed by atoms with Crippen molar-refractivity contribution in [3.63, 3.8) is 0 Å². The van der Waals surface area contributed by atoms with Gasteiger partial charge in [0.1, 0.15) is 0 Å². The van der Waals surface area contributed by atoms with Crippen molar-refractivity contribution in [2.45, 2.75) is 17.6 Å². The molecule has 0 fully saturated rings. The highest BCUT2D eigenvalue weighted by atomic mass is 35.5. The molecule has 1 unspecified atom stereocenters. The molecule has 4 rings (SSSR count). The predicted octanol–water partition coefficient (Wildman–Crippen LogP) is 5.73. The van der Waals surface area contributed by atoms with Crippen molar-refractivity contribution in [1.82, 2.24) is 9.97 Å². The molecule has 0 aliphatic carbocycles. The molecule has 0 aliphatic rings. The Bertz CT molecular complexity index is 1400. The van der Waals surface area contributed by atoms with Gasteiger partial charge in [0, 0.05) is 17.8 Å². The van der Waals surface area contributed by atoms with E-state index in [2.05, 4.69) is 9.97 Å². The SMILES string of the molecule is O=C(O)c1ccc(S(=O)N(Cc2ccc3ncccc3c2)c2ncc(C(F)(F)F)cc2Cl)cc1. The first kappa shape index (κ1) is 23.7. The van der Waals surface area contributed by atoms with E-state index in [1.165, 1.54) is 28.6 Å². The minimum absolute atomic E-state index is 0.0000155. The van der Waals surface area contributed by atoms with Gasteiger partial charge in [-0.15, -0.1) is 0 Å². The molecule has 2 aromatic carbocycles. The Balaban J connectivity index is 1.76. The number of fused-ring (bicyclic) bond motifs is 1. The Morgan fingerprint density at radius 2 is 1.79 bits per heavy atom. The van der Waals surface area contributed by atoms with Crippen LogP contribution in [0.3, 0.4) is 0 Å². The quantitative estimate of drug-likeness (QED) is 0.362. The Morgan fingerprint density at radius 3 is 2.44 bits per heavy atom. The lowest BCUT2D eigenvalue weighted by molar-refractivity contribution is -0.137. The van der Waals surface area contributed by atoms with Crippen LogP contribution < -0.4 is 4.31 Å². The van der Waals surface area contributed by atoms with Crippen LogP contribution in [-0.2, 0) is 23.7 Å². The predicted molar refractivity (Wildman–Crippen MR) is 122 cm³/mol. The number of carboxylic acids is 1. The maximum Gasteiger partial charge on any atom is 0.417 e. The monoisotopic (exact) mass is 505 g/mol. The largest absolute Gasteiger partial charge is 0.478 e. The van der Waals surface area contributed by atoms with Crippen molar-refractivity contribution < 1.29 is 27.3 Å². The Morgan fingerprint density at radius 1 is 1.06 bits per heavy atom. The molecule has 0 saturated heterocycles. The number of hydrogen-bond acceptors (Lipinski definition) is 4. The molecule has 0 radical (unpaired) electrons. The Labute approximate surface area is 199 Å². The summed E-state index contributed by atoms with van der Waals surface area (Å²) in [5.74, 6) is -1.26. The van der Waals surface area contributed by atoms with Gasteiger partial charge >= 0.3 is 12.1 Å². The molecule has 1 atom stereocenters. The third-order valence-corrected chi connectivity index (χ3v) is 6.54. The highest BCUT2D eigenvalue weighted by Gasteiger charge is 2.32. The Hall–Kier alpha value is -3.50. The molecule has 4 aromatic rings. The molecule has 6 nitrogen and oxygen atoms in total. The average molecular weight is 506 g/mol. The topological polar surface area (TPSA) is 83.4 Å². The van der Waals surface area contributed by atoms with Crippen LogP contribution in [0.4, 0.5) is 19.0 Å². The summed E-state index contributed by atoms with van der Waals surface area (Å²) in [4.78, 5) is 19.5. The van der Waals surface area contributed by atoms with Gasteiger partial charge in [0.15, 0.2) is 16.8 Å². The Kier molecular flexibility index (Phi) is 6.54. The maximum atomic E-state index is 13.5. The van der Waals surface area contributed by atoms with Crippen molar-refractivity contribution in [3.8, 4) is 0 Å². The molecule has 0 bridgehead atoms. The van der Waals surface area contributed by atoms with E-state index < -0.39 is 28.7 Å². The molecule has 0 aliphatic heterocycles. The van der Waals surface area contributed by atoms with Crippen LogP contribution in [0.15, 0.2) is 78.0 Å². The first-order valence-electron chi connectivity index (χ1n) is 9.72. The van der Waals surface area contributed by atoms with E-state index in [1.807, 2.05) is 12.1 Å². The molecule has 11 heteroatoms. The minimum Gasteiger partial charge on any atom is -0.478 e. The lowest BCUT2D eigenvalue weighted by Crippen LogP contribution is -2.27. The van der Waals surface area contributed by atoms with Crippen LogP contribution in [0.25, 0.3) is 10.9 Å². The van der Waals surface area contributed by atoms with Gasteiger partial charge in [0.05, 0.1) is 33.1 Å². The summed E-state index contributed by atoms with van der Waals surface area (Å²) >= 11 is 6.16. The number of hydrogen-bond donors (Lipinski definition) is 1. The van der Waals surface area contributed by atoms with Crippen molar-refractivity contribution in [2.24, 2.45) is 0 Å². The van der Waals surface area contributed by atoms with Crippen LogP contribution in [-0.4, -0.2) is 25.3 Å². The number of aromatic nitrogens is 2. The van der Waals surface area contributed by atoms with Gasteiger partial charge in [-0.05, 0) is 54.1 Å². The highest BCUT2D eigenvalue weighted by molar-refractivity contribution is 7.86. The van der Waals surface area contributed by atoms with Crippen molar-refractivity contribution in [2.75, 3.05) is 4.31 Å². The fourth-order valence-corrected chi connectivity index (χ4v) is 4.72. The molecular formula is C23H15ClF3N3O3S. The number of anilines is 1. The van der Waals surface area contributed by atoms with Crippen molar-refractivity contribution >= 4 is 45.3 Å². The number of carboxylic acid groups (broad SMARTS) is 1. The summed E-state index contributed by atoms with van der Waals surface area (Å²) in [7, 11) is -1.97. The van der Waals surface area contributed by atoms with Crippen LogP contribution >= 0.6 is 11.6 Å². The number of halogens is 4. The number of benzene rings is 2. The summed E-state index contributed by atoms with van der Waals surface area (Å²) in [5.41, 5.74) is 0.400. The van der Waals surface area contributed by atoms with Gasteiger partial charge in [-0.25, -0.2) is 14.0 Å². The van der Waals surface area contributed by atoms with E-state index in [0.717, 1.165) is 17.0 Å². The van der Waals surface area contributed by atoms with E-state index in [1.54, 1.807) is 24.4 Å². The molecule has 1 N–H and O–H groups in total. The highest BCUT2D eigenvalue weighted by Crippen LogP contribution is 2.35. The summed E-state index contributed by atoms with van der Waals surface area (Å²) in [6.45, 7) is -0.00376. The van der Waals surface area contributed by atoms with Crippen LogP contribution in [0, 0.1) is 0 Å². The second-order valence-electron chi connectivity index (χ2n) is 7.17. The smallest absolute Gasteiger partial charge is 0.417 e. The molecular weight excluding hydrogens is 491 g/mol. The van der Waals surface area contributed by atoms with E-state index in [4.69, 9.17) is 16.7 Å². The average Bonchev–Trinajstić information content (AvgIpc) is 2.81. The second kappa shape index (κ2) is 9.40. The van der Waals surface area contributed by atoms with Crippen molar-refractivity contribution in [1.29, 1.82) is 0 Å². The van der Waals surface area contributed by atoms with Gasteiger partial charge in [-0.2, -0.15) is 13.2 Å². The number of alkyl halides is 3. The minimum atomic E-state index is -4.64. The summed E-state index contributed by atoms with van der Waals surface area (Å²) in [6.07, 6.45) is -2.36. The fraction of sp³-hybridized carbons (Fsp3) is 0.0870. The molecule has 34 heavy (non-hydrogen) atoms. The molecule has 0 spiro atoms. The second-order valence-corrected chi connectivity index (χ2v) is 8.99. The lowest BCUT2D eigenvalue weighted by Gasteiger charge is -2.24. The molecule has 0 saturated carbocycles. The van der Waals surface area contributed by atoms with Gasteiger partial charge in [0.25, 0.3) is 0 Å². The zero-order chi connectivity index (χ0) is 24.5. The van der Waals surface area contributed by atoms with Crippen LogP contribution in [0.2, 0.25) is 5.02 Å². The van der Waals surface area contributed by atoms with Crippen molar-refractivity contribution in [3.05, 3.63) is 94.8 Å². The van der Waals surface area contributed by atoms with E-state index in [-0.39, 0.29) is 27.8 Å². The van der Waals surface area contributed by atoms with Gasteiger partial charge in [0.2, 0.25) is 0 Å². The number of rotatable bonds is 6. The first-order chi connectivity index (χ1) is 16.1. The zero-order valence-corrected chi connectivity index (χ0v) is 18.7. The molecule has 2 aromatic heterocycles. The third-order valence-electron chi connectivity index (χ3n) is 4.88. The van der Waals surface area contributed by atoms with E-state index >= 15 is 0 Å². The third kappa shape index (κ3) is 5.02. The van der Waals surface area contributed by atoms with Crippen LogP contribution in [0.5, 0.6) is 0 Å². The molecule has 0 amide bonds. The number of pyridine rings is 2. The summed E-state index contributed by atoms with van der Waals surface area (Å²) < 4.78 is 54.0. The number of nitrogens with zero attached hydrogens (tertiary/aromatic N) is 3. The van der Waals surface area contributed by atoms with Gasteiger partial charge in [-0.3, -0.25) is 9.29 Å². The molecule has 2 heterocycles. The molecule has 174 valence electrons. The lowest BCUT2D eigenvalue weighted by atomic mass is 10.1. The normalized spacial score (nSPS) is 12.5. The van der Waals surface area contributed by atoms with E-state index in [9.17, 15) is 22.2 Å².